The fraction of sp³-hybridized carbons (Fsp3) is 0.917. The molecule has 2 nitrogen and oxygen atoms in total. The monoisotopic (exact) mass is 248 g/mol. The van der Waals surface area contributed by atoms with Gasteiger partial charge in [-0.15, -0.1) is 0 Å². The van der Waals surface area contributed by atoms with E-state index in [9.17, 15) is 13.2 Å². The van der Waals surface area contributed by atoms with Crippen molar-refractivity contribution in [3.05, 3.63) is 0 Å². The molecule has 1 saturated carbocycles. The van der Waals surface area contributed by atoms with Crippen LogP contribution in [0.15, 0.2) is 0 Å². The highest BCUT2D eigenvalue weighted by atomic mass is 19.4. The van der Waals surface area contributed by atoms with Crippen LogP contribution in [0.3, 0.4) is 0 Å². The Labute approximate surface area is 100 Å². The Morgan fingerprint density at radius 3 is 2.47 bits per heavy atom. The lowest BCUT2D eigenvalue weighted by Crippen LogP contribution is -2.43. The molecule has 1 aliphatic rings. The van der Waals surface area contributed by atoms with E-state index in [4.69, 9.17) is 5.26 Å². The van der Waals surface area contributed by atoms with Crippen LogP contribution in [0, 0.1) is 29.1 Å². The molecule has 4 unspecified atom stereocenters. The third kappa shape index (κ3) is 4.19. The van der Waals surface area contributed by atoms with Gasteiger partial charge in [0.05, 0.1) is 6.07 Å². The van der Waals surface area contributed by atoms with Crippen LogP contribution in [-0.2, 0) is 0 Å². The summed E-state index contributed by atoms with van der Waals surface area (Å²) in [7, 11) is 0. The van der Waals surface area contributed by atoms with Gasteiger partial charge in [-0.2, -0.15) is 18.4 Å². The van der Waals surface area contributed by atoms with Crippen LogP contribution in [0.1, 0.15) is 33.1 Å². The summed E-state index contributed by atoms with van der Waals surface area (Å²) in [6.07, 6.45) is -1.43. The van der Waals surface area contributed by atoms with Gasteiger partial charge in [0.25, 0.3) is 0 Å². The van der Waals surface area contributed by atoms with Gasteiger partial charge < -0.3 is 5.32 Å². The number of alkyl halides is 3. The molecule has 0 heterocycles. The van der Waals surface area contributed by atoms with Crippen molar-refractivity contribution in [3.8, 4) is 6.07 Å². The number of halogens is 3. The molecular weight excluding hydrogens is 229 g/mol. The summed E-state index contributed by atoms with van der Waals surface area (Å²) < 4.78 is 37.1. The number of nitrogens with zero attached hydrogens (tertiary/aromatic N) is 1. The van der Waals surface area contributed by atoms with Crippen LogP contribution in [0.5, 0.6) is 0 Å². The number of hydrogen-bond acceptors (Lipinski definition) is 2. The zero-order valence-corrected chi connectivity index (χ0v) is 10.2. The normalized spacial score (nSPS) is 31.9. The molecule has 0 spiro atoms. The molecule has 98 valence electrons. The maximum absolute atomic E-state index is 12.4. The summed E-state index contributed by atoms with van der Waals surface area (Å²) in [5.41, 5.74) is 0. The first-order chi connectivity index (χ1) is 7.84. The van der Waals surface area contributed by atoms with E-state index < -0.39 is 12.1 Å². The molecule has 0 saturated heterocycles. The third-order valence-corrected chi connectivity index (χ3v) is 3.57. The fourth-order valence-corrected chi connectivity index (χ4v) is 2.47. The number of hydrogen-bond donors (Lipinski definition) is 1. The standard InChI is InChI=1S/C12H19F3N2/c1-8-3-4-11(9(2)5-8)17-7-10(6-16)12(13,14)15/h8-11,17H,3-5,7H2,1-2H3. The smallest absolute Gasteiger partial charge is 0.312 e. The molecule has 0 aliphatic heterocycles. The average molecular weight is 248 g/mol. The van der Waals surface area contributed by atoms with Crippen LogP contribution in [-0.4, -0.2) is 18.8 Å². The molecule has 0 bridgehead atoms. The summed E-state index contributed by atoms with van der Waals surface area (Å²) in [5.74, 6) is -0.863. The summed E-state index contributed by atoms with van der Waals surface area (Å²) in [6.45, 7) is 3.94. The summed E-state index contributed by atoms with van der Waals surface area (Å²) >= 11 is 0. The van der Waals surface area contributed by atoms with Crippen molar-refractivity contribution < 1.29 is 13.2 Å². The number of rotatable bonds is 3. The zero-order valence-electron chi connectivity index (χ0n) is 10.2. The molecule has 4 atom stereocenters. The third-order valence-electron chi connectivity index (χ3n) is 3.57. The van der Waals surface area contributed by atoms with Crippen molar-refractivity contribution >= 4 is 0 Å². The van der Waals surface area contributed by atoms with Crippen molar-refractivity contribution in [2.75, 3.05) is 6.54 Å². The molecule has 0 aromatic heterocycles. The van der Waals surface area contributed by atoms with Crippen molar-refractivity contribution in [3.63, 3.8) is 0 Å². The predicted molar refractivity (Wildman–Crippen MR) is 59.1 cm³/mol. The van der Waals surface area contributed by atoms with Crippen LogP contribution >= 0.6 is 0 Å². The lowest BCUT2D eigenvalue weighted by molar-refractivity contribution is -0.158. The highest BCUT2D eigenvalue weighted by Gasteiger charge is 2.40. The molecule has 0 amide bonds. The lowest BCUT2D eigenvalue weighted by Gasteiger charge is -2.33. The van der Waals surface area contributed by atoms with Crippen molar-refractivity contribution in [2.45, 2.75) is 45.3 Å². The van der Waals surface area contributed by atoms with Crippen molar-refractivity contribution in [1.82, 2.24) is 5.32 Å². The first-order valence-electron chi connectivity index (χ1n) is 6.04. The van der Waals surface area contributed by atoms with Gasteiger partial charge >= 0.3 is 6.18 Å². The van der Waals surface area contributed by atoms with E-state index in [1.54, 1.807) is 0 Å². The molecular formula is C12H19F3N2. The lowest BCUT2D eigenvalue weighted by atomic mass is 9.80. The van der Waals surface area contributed by atoms with Crippen molar-refractivity contribution in [1.29, 1.82) is 5.26 Å². The van der Waals surface area contributed by atoms with E-state index >= 15 is 0 Å². The van der Waals surface area contributed by atoms with Crippen LogP contribution in [0.2, 0.25) is 0 Å². The zero-order chi connectivity index (χ0) is 13.1. The molecule has 1 rings (SSSR count). The van der Waals surface area contributed by atoms with Gasteiger partial charge in [-0.05, 0) is 31.1 Å². The van der Waals surface area contributed by atoms with E-state index in [2.05, 4.69) is 19.2 Å². The van der Waals surface area contributed by atoms with E-state index in [0.29, 0.717) is 11.8 Å². The molecule has 1 aliphatic carbocycles. The summed E-state index contributed by atoms with van der Waals surface area (Å²) in [4.78, 5) is 0. The molecule has 0 aromatic rings. The Kier molecular flexibility index (Phi) is 4.81. The Hall–Kier alpha value is -0.760. The van der Waals surface area contributed by atoms with Crippen molar-refractivity contribution in [2.24, 2.45) is 17.8 Å². The van der Waals surface area contributed by atoms with E-state index in [0.717, 1.165) is 19.3 Å². The van der Waals surface area contributed by atoms with Gasteiger partial charge in [-0.25, -0.2) is 0 Å². The van der Waals surface area contributed by atoms with E-state index in [-0.39, 0.29) is 12.6 Å². The van der Waals surface area contributed by atoms with Crippen LogP contribution in [0.25, 0.3) is 0 Å². The second-order valence-electron chi connectivity index (χ2n) is 5.13. The maximum Gasteiger partial charge on any atom is 0.405 e. The minimum absolute atomic E-state index is 0.115. The summed E-state index contributed by atoms with van der Waals surface area (Å²) in [6, 6.07) is 1.43. The van der Waals surface area contributed by atoms with Crippen LogP contribution < -0.4 is 5.32 Å². The molecule has 5 heteroatoms. The first-order valence-corrected chi connectivity index (χ1v) is 6.04. The average Bonchev–Trinajstić information content (AvgIpc) is 2.19. The molecule has 17 heavy (non-hydrogen) atoms. The fourth-order valence-electron chi connectivity index (χ4n) is 2.47. The Bertz CT molecular complexity index is 282. The van der Waals surface area contributed by atoms with Gasteiger partial charge in [0.1, 0.15) is 0 Å². The van der Waals surface area contributed by atoms with E-state index in [1.165, 1.54) is 6.07 Å². The summed E-state index contributed by atoms with van der Waals surface area (Å²) in [5, 5.41) is 11.4. The number of nitriles is 1. The Morgan fingerprint density at radius 2 is 2.00 bits per heavy atom. The molecule has 0 aromatic carbocycles. The van der Waals surface area contributed by atoms with Gasteiger partial charge in [-0.1, -0.05) is 13.8 Å². The minimum Gasteiger partial charge on any atom is -0.312 e. The molecule has 1 fully saturated rings. The highest BCUT2D eigenvalue weighted by Crippen LogP contribution is 2.30. The van der Waals surface area contributed by atoms with Gasteiger partial charge in [0.2, 0.25) is 0 Å². The van der Waals surface area contributed by atoms with Gasteiger partial charge in [-0.3, -0.25) is 0 Å². The largest absolute Gasteiger partial charge is 0.405 e. The SMILES string of the molecule is CC1CCC(NCC(C#N)C(F)(F)F)C(C)C1. The first kappa shape index (κ1) is 14.3. The Balaban J connectivity index is 2.43. The van der Waals surface area contributed by atoms with E-state index in [1.807, 2.05) is 0 Å². The highest BCUT2D eigenvalue weighted by molar-refractivity contribution is 4.92. The van der Waals surface area contributed by atoms with Gasteiger partial charge in [0.15, 0.2) is 5.92 Å². The predicted octanol–water partition coefficient (Wildman–Crippen LogP) is 3.10. The maximum atomic E-state index is 12.4. The van der Waals surface area contributed by atoms with Gasteiger partial charge in [0, 0.05) is 12.6 Å². The van der Waals surface area contributed by atoms with Crippen LogP contribution in [0.4, 0.5) is 13.2 Å². The topological polar surface area (TPSA) is 35.8 Å². The Morgan fingerprint density at radius 1 is 1.35 bits per heavy atom. The molecule has 1 N–H and O–H groups in total. The quantitative estimate of drug-likeness (QED) is 0.833. The second kappa shape index (κ2) is 5.72. The molecule has 0 radical (unpaired) electrons. The number of nitrogens with one attached hydrogen (secondary N) is 1. The second-order valence-corrected chi connectivity index (χ2v) is 5.13. The minimum atomic E-state index is -4.42.